The third kappa shape index (κ3) is 4.87. The number of rotatable bonds is 8. The summed E-state index contributed by atoms with van der Waals surface area (Å²) in [5.74, 6) is -1.98. The molecule has 3 N–H and O–H groups in total. The van der Waals surface area contributed by atoms with Gasteiger partial charge < -0.3 is 20.5 Å². The first kappa shape index (κ1) is 22.3. The largest absolute Gasteiger partial charge is 0.480 e. The Morgan fingerprint density at radius 2 is 1.52 bits per heavy atom. The zero-order chi connectivity index (χ0) is 22.5. The summed E-state index contributed by atoms with van der Waals surface area (Å²) in [5.41, 5.74) is 4.45. The van der Waals surface area contributed by atoms with Crippen LogP contribution in [0, 0.1) is 5.92 Å². The number of hydrogen-bond donors (Lipinski definition) is 3. The zero-order valence-electron chi connectivity index (χ0n) is 17.9. The third-order valence-corrected chi connectivity index (χ3v) is 5.85. The Hall–Kier alpha value is -3.35. The van der Waals surface area contributed by atoms with E-state index in [2.05, 4.69) is 22.8 Å². The normalized spacial score (nSPS) is 15.2. The molecule has 0 radical (unpaired) electrons. The molecule has 0 spiro atoms. The smallest absolute Gasteiger partial charge is 0.407 e. The first-order valence-electron chi connectivity index (χ1n) is 10.5. The fourth-order valence-electron chi connectivity index (χ4n) is 3.84. The van der Waals surface area contributed by atoms with Gasteiger partial charge in [-0.05, 0) is 35.1 Å². The van der Waals surface area contributed by atoms with Crippen LogP contribution in [-0.4, -0.2) is 41.8 Å². The van der Waals surface area contributed by atoms with Gasteiger partial charge >= 0.3 is 12.1 Å². The number of amides is 2. The van der Waals surface area contributed by atoms with Crippen LogP contribution in [0.25, 0.3) is 11.1 Å². The molecule has 1 aliphatic rings. The summed E-state index contributed by atoms with van der Waals surface area (Å²) >= 11 is 0. The lowest BCUT2D eigenvalue weighted by molar-refractivity contribution is -0.143. The molecule has 0 aliphatic heterocycles. The lowest BCUT2D eigenvalue weighted by Gasteiger charge is -2.22. The molecule has 7 nitrogen and oxygen atoms in total. The van der Waals surface area contributed by atoms with E-state index < -0.39 is 30.1 Å². The van der Waals surface area contributed by atoms with E-state index in [1.165, 1.54) is 6.92 Å². The molecular formula is C24H28N2O5. The highest BCUT2D eigenvalue weighted by atomic mass is 16.5. The standard InChI is InChI=1S/C24H28N2O5/c1-4-14(2)21(23(28)29)26-22(27)15(3)25-24(30)31-13-20-18-11-7-5-9-16(18)17-10-6-8-12-19(17)20/h5-12,14-15,20-21H,4,13H2,1-3H3,(H,25,30)(H,26,27)(H,28,29)/t14-,15+,21-/m0/s1. The number of carbonyl (C=O) groups excluding carboxylic acids is 2. The monoisotopic (exact) mass is 424 g/mol. The zero-order valence-corrected chi connectivity index (χ0v) is 17.9. The van der Waals surface area contributed by atoms with Crippen molar-refractivity contribution >= 4 is 18.0 Å². The van der Waals surface area contributed by atoms with Crippen LogP contribution >= 0.6 is 0 Å². The molecule has 1 aliphatic carbocycles. The van der Waals surface area contributed by atoms with Crippen LogP contribution in [0.15, 0.2) is 48.5 Å². The van der Waals surface area contributed by atoms with Crippen molar-refractivity contribution in [3.05, 3.63) is 59.7 Å². The molecule has 0 heterocycles. The van der Waals surface area contributed by atoms with Gasteiger partial charge in [0.05, 0.1) is 0 Å². The van der Waals surface area contributed by atoms with Crippen molar-refractivity contribution in [1.82, 2.24) is 10.6 Å². The predicted octanol–water partition coefficient (Wildman–Crippen LogP) is 3.53. The van der Waals surface area contributed by atoms with Gasteiger partial charge in [-0.3, -0.25) is 4.79 Å². The highest BCUT2D eigenvalue weighted by Gasteiger charge is 2.30. The fraction of sp³-hybridized carbons (Fsp3) is 0.375. The SMILES string of the molecule is CC[C@H](C)[C@H](NC(=O)[C@@H](C)NC(=O)OCC1c2ccccc2-c2ccccc21)C(=O)O. The minimum absolute atomic E-state index is 0.0796. The lowest BCUT2D eigenvalue weighted by Crippen LogP contribution is -2.52. The van der Waals surface area contributed by atoms with Crippen LogP contribution in [0.4, 0.5) is 4.79 Å². The number of carboxylic acid groups (broad SMARTS) is 1. The minimum Gasteiger partial charge on any atom is -0.480 e. The number of carboxylic acids is 1. The van der Waals surface area contributed by atoms with E-state index in [4.69, 9.17) is 4.74 Å². The van der Waals surface area contributed by atoms with Crippen LogP contribution in [0.1, 0.15) is 44.2 Å². The van der Waals surface area contributed by atoms with Crippen molar-refractivity contribution in [2.75, 3.05) is 6.61 Å². The van der Waals surface area contributed by atoms with Gasteiger partial charge in [-0.2, -0.15) is 0 Å². The highest BCUT2D eigenvalue weighted by molar-refractivity contribution is 5.89. The Balaban J connectivity index is 1.59. The number of hydrogen-bond acceptors (Lipinski definition) is 4. The quantitative estimate of drug-likeness (QED) is 0.601. The molecule has 0 saturated heterocycles. The van der Waals surface area contributed by atoms with Gasteiger partial charge in [0.15, 0.2) is 0 Å². The summed E-state index contributed by atoms with van der Waals surface area (Å²) in [7, 11) is 0. The summed E-state index contributed by atoms with van der Waals surface area (Å²) in [5, 5.41) is 14.3. The van der Waals surface area contributed by atoms with Crippen molar-refractivity contribution in [1.29, 1.82) is 0 Å². The maximum absolute atomic E-state index is 12.4. The topological polar surface area (TPSA) is 105 Å². The summed E-state index contributed by atoms with van der Waals surface area (Å²) < 4.78 is 5.44. The molecule has 3 atom stereocenters. The summed E-state index contributed by atoms with van der Waals surface area (Å²) in [6.07, 6.45) is -0.120. The van der Waals surface area contributed by atoms with Crippen molar-refractivity contribution < 1.29 is 24.2 Å². The van der Waals surface area contributed by atoms with Crippen LogP contribution < -0.4 is 10.6 Å². The van der Waals surface area contributed by atoms with Gasteiger partial charge in [0.1, 0.15) is 18.7 Å². The Labute approximate surface area is 181 Å². The molecule has 2 amide bonds. The average molecular weight is 424 g/mol. The Kier molecular flexibility index (Phi) is 6.95. The second-order valence-electron chi connectivity index (χ2n) is 7.90. The minimum atomic E-state index is -1.10. The Morgan fingerprint density at radius 3 is 2.03 bits per heavy atom. The van der Waals surface area contributed by atoms with Crippen LogP contribution in [0.2, 0.25) is 0 Å². The first-order valence-corrected chi connectivity index (χ1v) is 10.5. The van der Waals surface area contributed by atoms with E-state index in [-0.39, 0.29) is 18.4 Å². The molecular weight excluding hydrogens is 396 g/mol. The van der Waals surface area contributed by atoms with E-state index in [0.29, 0.717) is 6.42 Å². The summed E-state index contributed by atoms with van der Waals surface area (Å²) in [4.78, 5) is 36.1. The molecule has 0 bridgehead atoms. The number of ether oxygens (including phenoxy) is 1. The molecule has 0 saturated carbocycles. The molecule has 7 heteroatoms. The number of fused-ring (bicyclic) bond motifs is 3. The maximum atomic E-state index is 12.4. The Morgan fingerprint density at radius 1 is 0.968 bits per heavy atom. The molecule has 3 rings (SSSR count). The van der Waals surface area contributed by atoms with Crippen molar-refractivity contribution in [3.63, 3.8) is 0 Å². The predicted molar refractivity (Wildman–Crippen MR) is 117 cm³/mol. The van der Waals surface area contributed by atoms with Crippen molar-refractivity contribution in [2.45, 2.75) is 45.2 Å². The summed E-state index contributed by atoms with van der Waals surface area (Å²) in [6.45, 7) is 5.24. The van der Waals surface area contributed by atoms with E-state index in [9.17, 15) is 19.5 Å². The Bertz CT molecular complexity index is 928. The van der Waals surface area contributed by atoms with E-state index in [1.807, 2.05) is 43.3 Å². The average Bonchev–Trinajstić information content (AvgIpc) is 3.08. The summed E-state index contributed by atoms with van der Waals surface area (Å²) in [6, 6.07) is 14.1. The molecule has 31 heavy (non-hydrogen) atoms. The highest BCUT2D eigenvalue weighted by Crippen LogP contribution is 2.44. The van der Waals surface area contributed by atoms with Crippen LogP contribution in [0.5, 0.6) is 0 Å². The molecule has 2 aromatic rings. The van der Waals surface area contributed by atoms with Crippen LogP contribution in [0.3, 0.4) is 0 Å². The second-order valence-corrected chi connectivity index (χ2v) is 7.90. The van der Waals surface area contributed by atoms with Gasteiger partial charge in [-0.1, -0.05) is 68.8 Å². The van der Waals surface area contributed by atoms with Crippen LogP contribution in [-0.2, 0) is 14.3 Å². The first-order chi connectivity index (χ1) is 14.8. The number of benzene rings is 2. The number of aliphatic carboxylic acids is 1. The number of carbonyl (C=O) groups is 3. The number of alkyl carbamates (subject to hydrolysis) is 1. The fourth-order valence-corrected chi connectivity index (χ4v) is 3.84. The number of nitrogens with one attached hydrogen (secondary N) is 2. The van der Waals surface area contributed by atoms with E-state index in [1.54, 1.807) is 6.92 Å². The second kappa shape index (κ2) is 9.64. The molecule has 2 aromatic carbocycles. The van der Waals surface area contributed by atoms with Gasteiger partial charge in [-0.15, -0.1) is 0 Å². The molecule has 0 unspecified atom stereocenters. The van der Waals surface area contributed by atoms with Gasteiger partial charge in [0, 0.05) is 5.92 Å². The molecule has 0 aromatic heterocycles. The maximum Gasteiger partial charge on any atom is 0.407 e. The molecule has 0 fully saturated rings. The lowest BCUT2D eigenvalue weighted by atomic mass is 9.98. The third-order valence-electron chi connectivity index (χ3n) is 5.85. The van der Waals surface area contributed by atoms with Gasteiger partial charge in [0.2, 0.25) is 5.91 Å². The van der Waals surface area contributed by atoms with E-state index >= 15 is 0 Å². The van der Waals surface area contributed by atoms with Gasteiger partial charge in [0.25, 0.3) is 0 Å². The van der Waals surface area contributed by atoms with Crippen molar-refractivity contribution in [2.24, 2.45) is 5.92 Å². The van der Waals surface area contributed by atoms with Gasteiger partial charge in [-0.25, -0.2) is 9.59 Å². The van der Waals surface area contributed by atoms with E-state index in [0.717, 1.165) is 22.3 Å². The molecule has 164 valence electrons. The van der Waals surface area contributed by atoms with Crippen molar-refractivity contribution in [3.8, 4) is 11.1 Å².